The first-order valence-corrected chi connectivity index (χ1v) is 10.7. The molecule has 0 saturated carbocycles. The third-order valence-electron chi connectivity index (χ3n) is 5.58. The Kier molecular flexibility index (Phi) is 10.9. The van der Waals surface area contributed by atoms with E-state index in [1.165, 1.54) is 11.1 Å². The lowest BCUT2D eigenvalue weighted by Crippen LogP contribution is -2.48. The third kappa shape index (κ3) is 7.85. The highest BCUT2D eigenvalue weighted by atomic mass is 127. The second kappa shape index (κ2) is 13.4. The first kappa shape index (κ1) is 25.2. The van der Waals surface area contributed by atoms with Crippen LogP contribution in [0.5, 0.6) is 5.75 Å². The normalized spacial score (nSPS) is 15.1. The Labute approximate surface area is 204 Å². The molecule has 2 N–H and O–H groups in total. The number of ether oxygens (including phenoxy) is 1. The van der Waals surface area contributed by atoms with Crippen molar-refractivity contribution in [2.24, 2.45) is 4.99 Å². The summed E-state index contributed by atoms with van der Waals surface area (Å²) in [5.41, 5.74) is 3.91. The molecule has 31 heavy (non-hydrogen) atoms. The van der Waals surface area contributed by atoms with Crippen LogP contribution < -0.4 is 15.4 Å². The van der Waals surface area contributed by atoms with Crippen LogP contribution in [0.25, 0.3) is 0 Å². The van der Waals surface area contributed by atoms with Crippen molar-refractivity contribution in [1.29, 1.82) is 0 Å². The van der Waals surface area contributed by atoms with E-state index in [4.69, 9.17) is 4.74 Å². The second-order valence-electron chi connectivity index (χ2n) is 7.75. The van der Waals surface area contributed by atoms with E-state index in [0.29, 0.717) is 19.2 Å². The number of likely N-dealkylation sites (tertiary alicyclic amines) is 1. The summed E-state index contributed by atoms with van der Waals surface area (Å²) in [6.07, 6.45) is 3.99. The first-order valence-electron chi connectivity index (χ1n) is 10.7. The van der Waals surface area contributed by atoms with Gasteiger partial charge in [0, 0.05) is 44.8 Å². The van der Waals surface area contributed by atoms with E-state index in [0.717, 1.165) is 49.7 Å². The van der Waals surface area contributed by atoms with Crippen molar-refractivity contribution in [1.82, 2.24) is 15.5 Å². The Morgan fingerprint density at radius 1 is 1.13 bits per heavy atom. The van der Waals surface area contributed by atoms with Crippen LogP contribution in [0, 0.1) is 6.92 Å². The van der Waals surface area contributed by atoms with E-state index in [-0.39, 0.29) is 24.0 Å². The SMILES string of the molecule is C=CCOc1ccccc1CNC(=NC)NC1CCN(Cc2ccccc2C)CC1.I. The fourth-order valence-corrected chi connectivity index (χ4v) is 3.77. The van der Waals surface area contributed by atoms with Crippen molar-refractivity contribution in [3.8, 4) is 5.75 Å². The summed E-state index contributed by atoms with van der Waals surface area (Å²) in [4.78, 5) is 6.96. The Morgan fingerprint density at radius 2 is 1.81 bits per heavy atom. The molecule has 0 bridgehead atoms. The molecule has 3 rings (SSSR count). The molecular weight excluding hydrogens is 499 g/mol. The van der Waals surface area contributed by atoms with Crippen LogP contribution >= 0.6 is 24.0 Å². The average molecular weight is 534 g/mol. The van der Waals surface area contributed by atoms with Crippen LogP contribution in [-0.4, -0.2) is 43.6 Å². The lowest BCUT2D eigenvalue weighted by atomic mass is 10.0. The molecule has 0 amide bonds. The molecule has 1 heterocycles. The van der Waals surface area contributed by atoms with Crippen LogP contribution in [0.1, 0.15) is 29.5 Å². The second-order valence-corrected chi connectivity index (χ2v) is 7.75. The quantitative estimate of drug-likeness (QED) is 0.227. The van der Waals surface area contributed by atoms with Crippen LogP contribution in [0.2, 0.25) is 0 Å². The van der Waals surface area contributed by atoms with Crippen LogP contribution in [-0.2, 0) is 13.1 Å². The molecule has 5 nitrogen and oxygen atoms in total. The number of hydrogen-bond donors (Lipinski definition) is 2. The molecular formula is C25H35IN4O. The summed E-state index contributed by atoms with van der Waals surface area (Å²) in [6.45, 7) is 10.3. The van der Waals surface area contributed by atoms with Crippen molar-refractivity contribution in [2.75, 3.05) is 26.7 Å². The van der Waals surface area contributed by atoms with Gasteiger partial charge < -0.3 is 15.4 Å². The van der Waals surface area contributed by atoms with Crippen molar-refractivity contribution >= 4 is 29.9 Å². The lowest BCUT2D eigenvalue weighted by Gasteiger charge is -2.33. The Hall–Kier alpha value is -2.06. The molecule has 1 saturated heterocycles. The van der Waals surface area contributed by atoms with E-state index in [2.05, 4.69) is 64.4 Å². The van der Waals surface area contributed by atoms with Gasteiger partial charge in [-0.25, -0.2) is 0 Å². The Bertz CT molecular complexity index is 847. The van der Waals surface area contributed by atoms with Gasteiger partial charge in [0.05, 0.1) is 0 Å². The molecule has 1 fully saturated rings. The standard InChI is InChI=1S/C25H34N4O.HI/c1-4-17-30-24-12-8-7-10-21(24)18-27-25(26-3)28-23-13-15-29(16-14-23)19-22-11-6-5-9-20(22)2;/h4-12,23H,1,13-19H2,2-3H3,(H2,26,27,28);1H. The zero-order valence-corrected chi connectivity index (χ0v) is 21.0. The number of aryl methyl sites for hydroxylation is 1. The predicted molar refractivity (Wildman–Crippen MR) is 140 cm³/mol. The van der Waals surface area contributed by atoms with Gasteiger partial charge in [-0.05, 0) is 37.0 Å². The minimum absolute atomic E-state index is 0. The molecule has 2 aromatic carbocycles. The van der Waals surface area contributed by atoms with Crippen LogP contribution in [0.15, 0.2) is 66.2 Å². The summed E-state index contributed by atoms with van der Waals surface area (Å²) in [5, 5.41) is 7.02. The lowest BCUT2D eigenvalue weighted by molar-refractivity contribution is 0.198. The van der Waals surface area contributed by atoms with Crippen molar-refractivity contribution < 1.29 is 4.74 Å². The number of aliphatic imine (C=N–C) groups is 1. The fraction of sp³-hybridized carbons (Fsp3) is 0.400. The molecule has 0 radical (unpaired) electrons. The van der Waals surface area contributed by atoms with Gasteiger partial charge in [0.2, 0.25) is 0 Å². The Balaban J connectivity index is 0.00000341. The van der Waals surface area contributed by atoms with E-state index >= 15 is 0 Å². The predicted octanol–water partition coefficient (Wildman–Crippen LogP) is 4.51. The monoisotopic (exact) mass is 534 g/mol. The van der Waals surface area contributed by atoms with Gasteiger partial charge in [0.1, 0.15) is 12.4 Å². The number of halogens is 1. The molecule has 0 aliphatic carbocycles. The highest BCUT2D eigenvalue weighted by molar-refractivity contribution is 14.0. The minimum Gasteiger partial charge on any atom is -0.489 e. The molecule has 0 unspecified atom stereocenters. The van der Waals surface area contributed by atoms with Gasteiger partial charge >= 0.3 is 0 Å². The van der Waals surface area contributed by atoms with Crippen LogP contribution in [0.4, 0.5) is 0 Å². The van der Waals surface area contributed by atoms with E-state index < -0.39 is 0 Å². The smallest absolute Gasteiger partial charge is 0.191 e. The maximum atomic E-state index is 5.75. The zero-order valence-electron chi connectivity index (χ0n) is 18.6. The number of hydrogen-bond acceptors (Lipinski definition) is 3. The van der Waals surface area contributed by atoms with Crippen molar-refractivity contribution in [3.63, 3.8) is 0 Å². The molecule has 168 valence electrons. The van der Waals surface area contributed by atoms with Gasteiger partial charge in [-0.3, -0.25) is 9.89 Å². The van der Waals surface area contributed by atoms with Gasteiger partial charge in [-0.1, -0.05) is 55.1 Å². The van der Waals surface area contributed by atoms with E-state index in [1.807, 2.05) is 25.2 Å². The summed E-state index contributed by atoms with van der Waals surface area (Å²) in [5.74, 6) is 1.72. The van der Waals surface area contributed by atoms with Crippen molar-refractivity contribution in [2.45, 2.75) is 38.9 Å². The zero-order chi connectivity index (χ0) is 21.2. The summed E-state index contributed by atoms with van der Waals surface area (Å²) < 4.78 is 5.75. The van der Waals surface area contributed by atoms with Gasteiger partial charge in [0.15, 0.2) is 5.96 Å². The molecule has 2 aromatic rings. The summed E-state index contributed by atoms with van der Waals surface area (Å²) in [6, 6.07) is 17.2. The van der Waals surface area contributed by atoms with E-state index in [9.17, 15) is 0 Å². The third-order valence-corrected chi connectivity index (χ3v) is 5.58. The van der Waals surface area contributed by atoms with Gasteiger partial charge in [-0.15, -0.1) is 24.0 Å². The number of guanidine groups is 1. The molecule has 1 aliphatic heterocycles. The average Bonchev–Trinajstić information content (AvgIpc) is 2.78. The number of nitrogens with one attached hydrogen (secondary N) is 2. The van der Waals surface area contributed by atoms with E-state index in [1.54, 1.807) is 6.08 Å². The number of rotatable bonds is 8. The molecule has 1 aliphatic rings. The number of benzene rings is 2. The molecule has 0 atom stereocenters. The topological polar surface area (TPSA) is 48.9 Å². The van der Waals surface area contributed by atoms with Gasteiger partial charge in [-0.2, -0.15) is 0 Å². The number of piperidine rings is 1. The maximum absolute atomic E-state index is 5.75. The van der Waals surface area contributed by atoms with Gasteiger partial charge in [0.25, 0.3) is 0 Å². The summed E-state index contributed by atoms with van der Waals surface area (Å²) in [7, 11) is 1.82. The van der Waals surface area contributed by atoms with Crippen LogP contribution in [0.3, 0.4) is 0 Å². The first-order chi connectivity index (χ1) is 14.7. The highest BCUT2D eigenvalue weighted by Crippen LogP contribution is 2.18. The maximum Gasteiger partial charge on any atom is 0.191 e. The minimum atomic E-state index is 0. The Morgan fingerprint density at radius 3 is 2.48 bits per heavy atom. The number of para-hydroxylation sites is 1. The highest BCUT2D eigenvalue weighted by Gasteiger charge is 2.20. The largest absolute Gasteiger partial charge is 0.489 e. The molecule has 0 aromatic heterocycles. The summed E-state index contributed by atoms with van der Waals surface area (Å²) >= 11 is 0. The fourth-order valence-electron chi connectivity index (χ4n) is 3.77. The number of nitrogens with zero attached hydrogens (tertiary/aromatic N) is 2. The van der Waals surface area contributed by atoms with Crippen molar-refractivity contribution in [3.05, 3.63) is 77.9 Å². The molecule has 6 heteroatoms. The molecule has 0 spiro atoms.